The van der Waals surface area contributed by atoms with E-state index in [0.717, 1.165) is 18.4 Å². The van der Waals surface area contributed by atoms with Gasteiger partial charge in [-0.15, -0.1) is 0 Å². The summed E-state index contributed by atoms with van der Waals surface area (Å²) in [6.07, 6.45) is 3.45. The number of halogens is 1. The van der Waals surface area contributed by atoms with Gasteiger partial charge in [-0.05, 0) is 63.4 Å². The van der Waals surface area contributed by atoms with E-state index in [4.69, 9.17) is 4.74 Å². The molecule has 2 heterocycles. The Morgan fingerprint density at radius 3 is 2.51 bits per heavy atom. The molecule has 41 heavy (non-hydrogen) atoms. The number of benzene rings is 1. The average molecular weight is 568 g/mol. The van der Waals surface area contributed by atoms with Crippen LogP contribution in [0.3, 0.4) is 0 Å². The Balaban J connectivity index is 1.30. The molecule has 0 aromatic heterocycles. The quantitative estimate of drug-likeness (QED) is 0.521. The van der Waals surface area contributed by atoms with Crippen molar-refractivity contribution in [1.82, 2.24) is 20.4 Å². The first-order chi connectivity index (χ1) is 19.7. The molecule has 2 aliphatic heterocycles. The number of fused-ring (bicyclic) bond motifs is 3. The molecule has 2 bridgehead atoms. The van der Waals surface area contributed by atoms with Crippen LogP contribution < -0.4 is 10.6 Å². The van der Waals surface area contributed by atoms with Gasteiger partial charge < -0.3 is 20.3 Å². The van der Waals surface area contributed by atoms with E-state index in [-0.39, 0.29) is 37.9 Å². The van der Waals surface area contributed by atoms with Gasteiger partial charge in [-0.2, -0.15) is 5.26 Å². The summed E-state index contributed by atoms with van der Waals surface area (Å²) in [5, 5.41) is 15.3. The van der Waals surface area contributed by atoms with Gasteiger partial charge in [0.2, 0.25) is 17.7 Å². The second-order valence-electron chi connectivity index (χ2n) is 12.0. The first kappa shape index (κ1) is 28.8. The van der Waals surface area contributed by atoms with Crippen LogP contribution >= 0.6 is 0 Å². The van der Waals surface area contributed by atoms with Crippen LogP contribution in [0.5, 0.6) is 0 Å². The SMILES string of the molecule is N#C[C@@H]1C[C@H](F)CN1C(=O)CN(C(=O)OCc1ccccc1)C12CCC(C(=O)NC3CCCCNC3=O)(CC1)CC2. The van der Waals surface area contributed by atoms with Crippen molar-refractivity contribution in [1.29, 1.82) is 5.26 Å². The Hall–Kier alpha value is -3.68. The smallest absolute Gasteiger partial charge is 0.411 e. The number of amides is 4. The third kappa shape index (κ3) is 6.02. The van der Waals surface area contributed by atoms with E-state index in [1.54, 1.807) is 0 Å². The summed E-state index contributed by atoms with van der Waals surface area (Å²) in [6, 6.07) is 9.83. The second-order valence-corrected chi connectivity index (χ2v) is 12.0. The lowest BCUT2D eigenvalue weighted by molar-refractivity contribution is -0.147. The fraction of sp³-hybridized carbons (Fsp3) is 0.633. The normalized spacial score (nSPS) is 31.0. The molecule has 5 aliphatic rings. The molecule has 3 aliphatic carbocycles. The van der Waals surface area contributed by atoms with E-state index < -0.39 is 41.2 Å². The molecule has 5 fully saturated rings. The molecule has 1 unspecified atom stereocenters. The van der Waals surface area contributed by atoms with E-state index in [0.29, 0.717) is 51.5 Å². The summed E-state index contributed by atoms with van der Waals surface area (Å²) < 4.78 is 19.8. The standard InChI is InChI=1S/C30H38FN5O5/c31-22-16-23(17-32)35(18-22)25(37)19-36(28(40)41-20-21-6-2-1-3-7-21)30-12-9-29(10-13-30,11-14-30)27(39)34-24-8-4-5-15-33-26(24)38/h1-3,6-7,22-24H,4-5,8-16,18-20H2,(H,33,38)(H,34,39)/t22-,23-,24?,29?,30?/m0/s1. The first-order valence-corrected chi connectivity index (χ1v) is 14.7. The zero-order valence-corrected chi connectivity index (χ0v) is 23.3. The van der Waals surface area contributed by atoms with Crippen molar-refractivity contribution in [2.45, 2.75) is 94.6 Å². The Labute approximate surface area is 239 Å². The fourth-order valence-corrected chi connectivity index (χ4v) is 6.93. The third-order valence-electron chi connectivity index (χ3n) is 9.54. The highest BCUT2D eigenvalue weighted by Crippen LogP contribution is 2.55. The fourth-order valence-electron chi connectivity index (χ4n) is 6.93. The topological polar surface area (TPSA) is 132 Å². The highest BCUT2D eigenvalue weighted by atomic mass is 19.1. The lowest BCUT2D eigenvalue weighted by atomic mass is 9.56. The molecule has 1 aromatic rings. The van der Waals surface area contributed by atoms with Gasteiger partial charge in [0.1, 0.15) is 31.4 Å². The van der Waals surface area contributed by atoms with Crippen LogP contribution in [-0.4, -0.2) is 77.0 Å². The zero-order chi connectivity index (χ0) is 29.0. The summed E-state index contributed by atoms with van der Waals surface area (Å²) in [7, 11) is 0. The molecular formula is C30H38FN5O5. The summed E-state index contributed by atoms with van der Waals surface area (Å²) in [4.78, 5) is 55.6. The summed E-state index contributed by atoms with van der Waals surface area (Å²) in [6.45, 7) is 0.161. The molecule has 220 valence electrons. The molecule has 4 amide bonds. The number of alkyl halides is 1. The van der Waals surface area contributed by atoms with E-state index in [9.17, 15) is 28.8 Å². The van der Waals surface area contributed by atoms with Crippen molar-refractivity contribution in [2.75, 3.05) is 19.6 Å². The molecule has 2 N–H and O–H groups in total. The Bertz CT molecular complexity index is 1180. The van der Waals surface area contributed by atoms with E-state index in [2.05, 4.69) is 10.6 Å². The molecule has 0 spiro atoms. The number of hydrogen-bond donors (Lipinski definition) is 2. The maximum absolute atomic E-state index is 14.1. The van der Waals surface area contributed by atoms with Crippen molar-refractivity contribution in [3.8, 4) is 6.07 Å². The molecule has 10 nitrogen and oxygen atoms in total. The maximum Gasteiger partial charge on any atom is 0.411 e. The van der Waals surface area contributed by atoms with Crippen LogP contribution in [0.4, 0.5) is 9.18 Å². The van der Waals surface area contributed by atoms with E-state index in [1.807, 2.05) is 36.4 Å². The number of rotatable bonds is 7. The van der Waals surface area contributed by atoms with E-state index in [1.165, 1.54) is 9.80 Å². The molecular weight excluding hydrogens is 529 g/mol. The molecule has 11 heteroatoms. The van der Waals surface area contributed by atoms with E-state index >= 15 is 0 Å². The lowest BCUT2D eigenvalue weighted by Gasteiger charge is -2.56. The number of nitrogens with one attached hydrogen (secondary N) is 2. The maximum atomic E-state index is 14.1. The number of hydrogen-bond acceptors (Lipinski definition) is 6. The Morgan fingerprint density at radius 1 is 1.12 bits per heavy atom. The number of nitriles is 1. The Morgan fingerprint density at radius 2 is 1.83 bits per heavy atom. The zero-order valence-electron chi connectivity index (χ0n) is 23.3. The molecule has 2 saturated heterocycles. The minimum Gasteiger partial charge on any atom is -0.445 e. The number of likely N-dealkylation sites (tertiary alicyclic amines) is 1. The van der Waals surface area contributed by atoms with Crippen molar-refractivity contribution < 1.29 is 28.3 Å². The van der Waals surface area contributed by atoms with Gasteiger partial charge in [0.05, 0.1) is 12.6 Å². The number of nitrogens with zero attached hydrogens (tertiary/aromatic N) is 3. The van der Waals surface area contributed by atoms with Gasteiger partial charge in [-0.25, -0.2) is 9.18 Å². The molecule has 3 atom stereocenters. The molecule has 6 rings (SSSR count). The Kier molecular flexibility index (Phi) is 8.47. The van der Waals surface area contributed by atoms with Gasteiger partial charge in [-0.1, -0.05) is 30.3 Å². The van der Waals surface area contributed by atoms with Gasteiger partial charge in [-0.3, -0.25) is 19.3 Å². The monoisotopic (exact) mass is 567 g/mol. The van der Waals surface area contributed by atoms with Gasteiger partial charge in [0, 0.05) is 23.9 Å². The number of carbonyl (C=O) groups is 4. The van der Waals surface area contributed by atoms with Crippen molar-refractivity contribution in [3.63, 3.8) is 0 Å². The highest BCUT2D eigenvalue weighted by molar-refractivity contribution is 5.90. The van der Waals surface area contributed by atoms with Gasteiger partial charge in [0.15, 0.2) is 0 Å². The van der Waals surface area contributed by atoms with Gasteiger partial charge >= 0.3 is 6.09 Å². The minimum absolute atomic E-state index is 0.0350. The molecule has 0 radical (unpaired) electrons. The summed E-state index contributed by atoms with van der Waals surface area (Å²) in [5.74, 6) is -0.750. The van der Waals surface area contributed by atoms with Crippen LogP contribution in [0.25, 0.3) is 0 Å². The first-order valence-electron chi connectivity index (χ1n) is 14.7. The second kappa shape index (κ2) is 12.0. The number of carbonyl (C=O) groups excluding carboxylic acids is 4. The van der Waals surface area contributed by atoms with Crippen LogP contribution in [-0.2, 0) is 25.7 Å². The summed E-state index contributed by atoms with van der Waals surface area (Å²) in [5.41, 5.74) is -0.512. The number of ether oxygens (including phenoxy) is 1. The van der Waals surface area contributed by atoms with Crippen LogP contribution in [0.1, 0.15) is 69.8 Å². The predicted molar refractivity (Wildman–Crippen MR) is 146 cm³/mol. The van der Waals surface area contributed by atoms with Crippen LogP contribution in [0.2, 0.25) is 0 Å². The largest absolute Gasteiger partial charge is 0.445 e. The van der Waals surface area contributed by atoms with Crippen LogP contribution in [0.15, 0.2) is 30.3 Å². The predicted octanol–water partition coefficient (Wildman–Crippen LogP) is 2.97. The third-order valence-corrected chi connectivity index (χ3v) is 9.54. The highest BCUT2D eigenvalue weighted by Gasteiger charge is 2.56. The van der Waals surface area contributed by atoms with Crippen LogP contribution in [0, 0.1) is 16.7 Å². The minimum atomic E-state index is -1.28. The van der Waals surface area contributed by atoms with Crippen molar-refractivity contribution >= 4 is 23.8 Å². The molecule has 3 saturated carbocycles. The molecule has 1 aromatic carbocycles. The van der Waals surface area contributed by atoms with Gasteiger partial charge in [0.25, 0.3) is 0 Å². The lowest BCUT2D eigenvalue weighted by Crippen LogP contribution is -2.63. The van der Waals surface area contributed by atoms with Crippen molar-refractivity contribution in [3.05, 3.63) is 35.9 Å². The van der Waals surface area contributed by atoms with Crippen molar-refractivity contribution in [2.24, 2.45) is 5.41 Å². The average Bonchev–Trinajstić information content (AvgIpc) is 3.27. The summed E-state index contributed by atoms with van der Waals surface area (Å²) >= 11 is 0.